The summed E-state index contributed by atoms with van der Waals surface area (Å²) >= 11 is 0. The summed E-state index contributed by atoms with van der Waals surface area (Å²) in [7, 11) is 1.00. The smallest absolute Gasteiger partial charge is 0.234 e. The summed E-state index contributed by atoms with van der Waals surface area (Å²) in [5.41, 5.74) is 6.41. The van der Waals surface area contributed by atoms with Crippen molar-refractivity contribution >= 4 is 29.2 Å². The third-order valence-electron chi connectivity index (χ3n) is 8.07. The Kier molecular flexibility index (Phi) is 9.24. The number of imidazole rings is 1. The van der Waals surface area contributed by atoms with Gasteiger partial charge in [-0.05, 0) is 57.4 Å². The molecule has 3 heterocycles. The summed E-state index contributed by atoms with van der Waals surface area (Å²) in [6, 6.07) is 3.84. The molecule has 0 spiro atoms. The molecule has 11 heteroatoms. The van der Waals surface area contributed by atoms with Crippen molar-refractivity contribution in [1.29, 1.82) is 0 Å². The highest BCUT2D eigenvalue weighted by Crippen LogP contribution is 2.37. The summed E-state index contributed by atoms with van der Waals surface area (Å²) in [4.78, 5) is 33.1. The maximum atomic E-state index is 11.9. The number of carbonyl (C=O) groups excluding carboxylic acids is 1. The summed E-state index contributed by atoms with van der Waals surface area (Å²) in [5.74, 6) is 2.17. The lowest BCUT2D eigenvalue weighted by Gasteiger charge is -2.32. The number of fused-ring (bicyclic) bond motifs is 1. The summed E-state index contributed by atoms with van der Waals surface area (Å²) in [6.45, 7) is 4.60. The third-order valence-corrected chi connectivity index (χ3v) is 8.07. The van der Waals surface area contributed by atoms with E-state index < -0.39 is 5.60 Å². The van der Waals surface area contributed by atoms with E-state index in [0.29, 0.717) is 47.6 Å². The summed E-state index contributed by atoms with van der Waals surface area (Å²) < 4.78 is 2.09. The Bertz CT molecular complexity index is 1280. The molecule has 1 amide bonds. The second-order valence-electron chi connectivity index (χ2n) is 10.7. The summed E-state index contributed by atoms with van der Waals surface area (Å²) in [5, 5.41) is 22.5. The number of aliphatic hydroxyl groups excluding tert-OH is 1. The van der Waals surface area contributed by atoms with Gasteiger partial charge in [-0.2, -0.15) is 4.99 Å². The predicted molar refractivity (Wildman–Crippen MR) is 150 cm³/mol. The van der Waals surface area contributed by atoms with E-state index in [0.717, 1.165) is 25.5 Å². The van der Waals surface area contributed by atoms with E-state index in [1.807, 2.05) is 6.07 Å². The van der Waals surface area contributed by atoms with Crippen LogP contribution >= 0.6 is 0 Å². The molecule has 0 bridgehead atoms. The number of nitrogens with two attached hydrogens (primary N) is 1. The number of amides is 1. The highest BCUT2D eigenvalue weighted by atomic mass is 16.3. The fraction of sp³-hybridized carbons (Fsp3) is 0.571. The predicted octanol–water partition coefficient (Wildman–Crippen LogP) is 3.13. The Labute approximate surface area is 229 Å². The summed E-state index contributed by atoms with van der Waals surface area (Å²) in [6.07, 6.45) is 13.2. The molecule has 5 N–H and O–H groups in total. The van der Waals surface area contributed by atoms with Gasteiger partial charge < -0.3 is 25.8 Å². The number of aromatic nitrogens is 5. The molecule has 210 valence electrons. The molecule has 2 atom stereocenters. The van der Waals surface area contributed by atoms with E-state index in [-0.39, 0.29) is 17.7 Å². The fourth-order valence-corrected chi connectivity index (χ4v) is 5.60. The lowest BCUT2D eigenvalue weighted by Crippen LogP contribution is -2.32. The minimum Gasteiger partial charge on any atom is -0.400 e. The number of rotatable bonds is 9. The quantitative estimate of drug-likeness (QED) is 0.183. The molecule has 0 aromatic carbocycles. The van der Waals surface area contributed by atoms with E-state index in [9.17, 15) is 9.90 Å². The first-order valence-electron chi connectivity index (χ1n) is 13.8. The van der Waals surface area contributed by atoms with Crippen LogP contribution in [0.2, 0.25) is 0 Å². The van der Waals surface area contributed by atoms with E-state index in [1.54, 1.807) is 25.4 Å². The van der Waals surface area contributed by atoms with Crippen LogP contribution in [0, 0.1) is 11.8 Å². The Balaban J connectivity index is 0.00000172. The number of carbonyl (C=O) groups is 1. The first kappa shape index (κ1) is 28.6. The molecule has 2 saturated carbocycles. The van der Waals surface area contributed by atoms with Crippen LogP contribution in [0.25, 0.3) is 11.2 Å². The van der Waals surface area contributed by atoms with Gasteiger partial charge in [0.05, 0.1) is 0 Å². The van der Waals surface area contributed by atoms with Crippen LogP contribution in [0.4, 0.5) is 5.82 Å². The molecular formula is C28H40N8O3. The molecule has 0 radical (unpaired) electrons. The monoisotopic (exact) mass is 536 g/mol. The molecule has 0 saturated heterocycles. The van der Waals surface area contributed by atoms with Crippen LogP contribution in [0.5, 0.6) is 0 Å². The van der Waals surface area contributed by atoms with Crippen molar-refractivity contribution in [1.82, 2.24) is 24.5 Å². The molecule has 2 fully saturated rings. The van der Waals surface area contributed by atoms with E-state index in [1.165, 1.54) is 38.5 Å². The average molecular weight is 537 g/mol. The normalized spacial score (nSPS) is 18.9. The minimum atomic E-state index is -1.41. The van der Waals surface area contributed by atoms with Gasteiger partial charge in [-0.25, -0.2) is 15.0 Å². The highest BCUT2D eigenvalue weighted by Gasteiger charge is 2.35. The second-order valence-corrected chi connectivity index (χ2v) is 10.7. The second kappa shape index (κ2) is 12.6. The number of nitrogens with zero attached hydrogens (tertiary/aromatic N) is 6. The van der Waals surface area contributed by atoms with Crippen molar-refractivity contribution in [3.05, 3.63) is 41.7 Å². The van der Waals surface area contributed by atoms with Gasteiger partial charge in [-0.3, -0.25) is 9.78 Å². The lowest BCUT2D eigenvalue weighted by atomic mass is 9.80. The Morgan fingerprint density at radius 1 is 1.21 bits per heavy atom. The average Bonchev–Trinajstić information content (AvgIpc) is 3.29. The SMILES string of the molecule is CO.C[C@@H](Nc1nc(C(N)=NC=O)nc2nc(C(C)(O)c3cccnc3)n(CC3CCCCC3)c12)C1CCC1. The molecule has 0 aliphatic heterocycles. The van der Waals surface area contributed by atoms with Gasteiger partial charge in [-0.15, -0.1) is 0 Å². The van der Waals surface area contributed by atoms with Crippen LogP contribution < -0.4 is 11.1 Å². The first-order chi connectivity index (χ1) is 18.9. The molecule has 1 unspecified atom stereocenters. The zero-order valence-corrected chi connectivity index (χ0v) is 23.0. The van der Waals surface area contributed by atoms with Crippen molar-refractivity contribution < 1.29 is 15.0 Å². The van der Waals surface area contributed by atoms with Crippen LogP contribution in [-0.4, -0.2) is 60.1 Å². The van der Waals surface area contributed by atoms with E-state index >= 15 is 0 Å². The maximum Gasteiger partial charge on any atom is 0.234 e. The zero-order chi connectivity index (χ0) is 28.0. The number of pyridine rings is 1. The number of hydrogen-bond acceptors (Lipinski definition) is 8. The van der Waals surface area contributed by atoms with Gasteiger partial charge in [0.1, 0.15) is 16.9 Å². The van der Waals surface area contributed by atoms with Gasteiger partial charge >= 0.3 is 0 Å². The Morgan fingerprint density at radius 2 is 1.95 bits per heavy atom. The largest absolute Gasteiger partial charge is 0.400 e. The number of hydrogen-bond donors (Lipinski definition) is 4. The molecule has 2 aliphatic carbocycles. The van der Waals surface area contributed by atoms with E-state index in [4.69, 9.17) is 20.8 Å². The first-order valence-corrected chi connectivity index (χ1v) is 13.8. The Hall–Kier alpha value is -3.44. The Morgan fingerprint density at radius 3 is 2.56 bits per heavy atom. The van der Waals surface area contributed by atoms with Gasteiger partial charge in [0, 0.05) is 37.7 Å². The van der Waals surface area contributed by atoms with Gasteiger partial charge in [0.15, 0.2) is 23.1 Å². The van der Waals surface area contributed by atoms with Crippen molar-refractivity contribution in [2.75, 3.05) is 12.4 Å². The van der Waals surface area contributed by atoms with Crippen molar-refractivity contribution in [3.8, 4) is 0 Å². The third kappa shape index (κ3) is 6.09. The minimum absolute atomic E-state index is 0.0707. The van der Waals surface area contributed by atoms with E-state index in [2.05, 4.69) is 31.8 Å². The van der Waals surface area contributed by atoms with Crippen LogP contribution in [0.3, 0.4) is 0 Å². The fourth-order valence-electron chi connectivity index (χ4n) is 5.60. The van der Waals surface area contributed by atoms with Crippen molar-refractivity contribution in [2.45, 2.75) is 83.4 Å². The number of amidine groups is 1. The molecule has 3 aromatic rings. The molecule has 11 nitrogen and oxygen atoms in total. The van der Waals surface area contributed by atoms with Crippen molar-refractivity contribution in [2.24, 2.45) is 22.6 Å². The number of aliphatic hydroxyl groups is 2. The van der Waals surface area contributed by atoms with Crippen LogP contribution in [0.15, 0.2) is 29.5 Å². The topological polar surface area (TPSA) is 164 Å². The molecule has 3 aromatic heterocycles. The standard InChI is InChI=1S/C27H36N8O2.CH4O/c1-17(19-10-6-11-19)31-23-21-24(33-25(32-23)22(28)30-16-36)34-26(27(2,37)20-12-7-13-29-14-20)35(21)15-18-8-4-3-5-9-18;1-2/h7,12-14,16-19,37H,3-6,8-11,15H2,1-2H3,(H2,28,30,36)(H,31,32,33);2H,1H3/t17-,27?;/m1./s1. The number of anilines is 1. The maximum absolute atomic E-state index is 11.9. The van der Waals surface area contributed by atoms with Gasteiger partial charge in [0.25, 0.3) is 0 Å². The zero-order valence-electron chi connectivity index (χ0n) is 23.0. The highest BCUT2D eigenvalue weighted by molar-refractivity contribution is 6.00. The number of aliphatic imine (C=N–C) groups is 1. The van der Waals surface area contributed by atoms with Crippen LogP contribution in [-0.2, 0) is 16.9 Å². The molecule has 5 rings (SSSR count). The molecule has 39 heavy (non-hydrogen) atoms. The lowest BCUT2D eigenvalue weighted by molar-refractivity contribution is -0.106. The van der Waals surface area contributed by atoms with Crippen LogP contribution in [0.1, 0.15) is 82.4 Å². The van der Waals surface area contributed by atoms with Gasteiger partial charge in [-0.1, -0.05) is 31.7 Å². The van der Waals surface area contributed by atoms with Crippen molar-refractivity contribution in [3.63, 3.8) is 0 Å². The molecule has 2 aliphatic rings. The van der Waals surface area contributed by atoms with Gasteiger partial charge in [0.2, 0.25) is 6.41 Å². The molecular weight excluding hydrogens is 496 g/mol. The number of nitrogens with one attached hydrogen (secondary N) is 1.